The number of nitrogens with zero attached hydrogens (tertiary/aromatic N) is 2. The van der Waals surface area contributed by atoms with E-state index in [2.05, 4.69) is 119 Å². The zero-order valence-electron chi connectivity index (χ0n) is 15.7. The van der Waals surface area contributed by atoms with Crippen LogP contribution in [0.4, 0.5) is 22.7 Å². The third-order valence-electron chi connectivity index (χ3n) is 5.33. The summed E-state index contributed by atoms with van der Waals surface area (Å²) in [6, 6.07) is 38.8. The van der Waals surface area contributed by atoms with Gasteiger partial charge in [-0.05, 0) is 47.9 Å². The number of hydrogen-bond donors (Lipinski definition) is 0. The van der Waals surface area contributed by atoms with E-state index in [-0.39, 0.29) is 0 Å². The van der Waals surface area contributed by atoms with Gasteiger partial charge in [-0.15, -0.1) is 0 Å². The summed E-state index contributed by atoms with van der Waals surface area (Å²) in [5, 5.41) is 0. The van der Waals surface area contributed by atoms with E-state index in [4.69, 9.17) is 0 Å². The van der Waals surface area contributed by atoms with Crippen LogP contribution < -0.4 is 9.80 Å². The summed E-state index contributed by atoms with van der Waals surface area (Å²) >= 11 is 0. The molecule has 1 aliphatic heterocycles. The summed E-state index contributed by atoms with van der Waals surface area (Å²) in [4.78, 5) is 4.81. The van der Waals surface area contributed by atoms with Gasteiger partial charge in [-0.25, -0.2) is 0 Å². The van der Waals surface area contributed by atoms with E-state index < -0.39 is 0 Å². The molecule has 0 N–H and O–H groups in total. The Bertz CT molecular complexity index is 1070. The molecule has 5 rings (SSSR count). The van der Waals surface area contributed by atoms with Crippen molar-refractivity contribution in [3.63, 3.8) is 0 Å². The normalized spacial score (nSPS) is 12.9. The number of fused-ring (bicyclic) bond motifs is 1. The van der Waals surface area contributed by atoms with E-state index in [0.717, 1.165) is 13.1 Å². The molecule has 0 atom stereocenters. The SMILES string of the molecule is c1ccc(Cc2ccccc2N2CN(c3ccccc3)c3ccccc32)cc1. The average molecular weight is 362 g/mol. The van der Waals surface area contributed by atoms with Crippen LogP contribution in [0.15, 0.2) is 109 Å². The second kappa shape index (κ2) is 7.24. The van der Waals surface area contributed by atoms with Gasteiger partial charge >= 0.3 is 0 Å². The van der Waals surface area contributed by atoms with Crippen LogP contribution in [0.3, 0.4) is 0 Å². The van der Waals surface area contributed by atoms with Gasteiger partial charge in [0.15, 0.2) is 0 Å². The van der Waals surface area contributed by atoms with Gasteiger partial charge in [0, 0.05) is 11.4 Å². The molecule has 0 unspecified atom stereocenters. The summed E-state index contributed by atoms with van der Waals surface area (Å²) in [6.07, 6.45) is 0.932. The quantitative estimate of drug-likeness (QED) is 0.407. The lowest BCUT2D eigenvalue weighted by Crippen LogP contribution is -2.24. The monoisotopic (exact) mass is 362 g/mol. The highest BCUT2D eigenvalue weighted by molar-refractivity contribution is 5.87. The van der Waals surface area contributed by atoms with Crippen molar-refractivity contribution in [2.75, 3.05) is 16.5 Å². The van der Waals surface area contributed by atoms with Gasteiger partial charge in [0.25, 0.3) is 0 Å². The Kier molecular flexibility index (Phi) is 4.30. The highest BCUT2D eigenvalue weighted by atomic mass is 15.4. The average Bonchev–Trinajstić information content (AvgIpc) is 3.15. The van der Waals surface area contributed by atoms with Crippen molar-refractivity contribution >= 4 is 22.7 Å². The van der Waals surface area contributed by atoms with Crippen molar-refractivity contribution < 1.29 is 0 Å². The van der Waals surface area contributed by atoms with Gasteiger partial charge in [0.05, 0.1) is 11.4 Å². The number of rotatable bonds is 4. The van der Waals surface area contributed by atoms with E-state index in [1.807, 2.05) is 0 Å². The molecule has 1 heterocycles. The lowest BCUT2D eigenvalue weighted by Gasteiger charge is -2.24. The van der Waals surface area contributed by atoms with Crippen LogP contribution in [0.2, 0.25) is 0 Å². The van der Waals surface area contributed by atoms with Crippen molar-refractivity contribution in [2.24, 2.45) is 0 Å². The lowest BCUT2D eigenvalue weighted by atomic mass is 10.0. The maximum absolute atomic E-state index is 2.43. The zero-order chi connectivity index (χ0) is 18.8. The molecule has 0 saturated heterocycles. The first-order valence-corrected chi connectivity index (χ1v) is 9.71. The summed E-state index contributed by atoms with van der Waals surface area (Å²) in [6.45, 7) is 0.815. The van der Waals surface area contributed by atoms with E-state index in [1.54, 1.807) is 0 Å². The van der Waals surface area contributed by atoms with Crippen molar-refractivity contribution in [1.82, 2.24) is 0 Å². The highest BCUT2D eigenvalue weighted by Crippen LogP contribution is 2.44. The van der Waals surface area contributed by atoms with Crippen LogP contribution >= 0.6 is 0 Å². The van der Waals surface area contributed by atoms with Gasteiger partial charge in [-0.1, -0.05) is 78.9 Å². The topological polar surface area (TPSA) is 6.48 Å². The molecule has 0 fully saturated rings. The maximum Gasteiger partial charge on any atom is 0.100 e. The van der Waals surface area contributed by atoms with E-state index in [1.165, 1.54) is 33.9 Å². The Labute approximate surface area is 166 Å². The largest absolute Gasteiger partial charge is 0.321 e. The molecule has 2 heteroatoms. The number of hydrogen-bond acceptors (Lipinski definition) is 2. The fourth-order valence-corrected chi connectivity index (χ4v) is 3.99. The molecule has 0 radical (unpaired) electrons. The minimum absolute atomic E-state index is 0.815. The van der Waals surface area contributed by atoms with Crippen LogP contribution in [-0.4, -0.2) is 6.67 Å². The molecule has 1 aliphatic rings. The van der Waals surface area contributed by atoms with Crippen LogP contribution in [0.5, 0.6) is 0 Å². The Morgan fingerprint density at radius 3 is 1.75 bits per heavy atom. The second-order valence-electron chi connectivity index (χ2n) is 7.11. The molecular formula is C26H22N2. The third kappa shape index (κ3) is 3.03. The molecule has 2 nitrogen and oxygen atoms in total. The molecule has 0 aliphatic carbocycles. The summed E-state index contributed by atoms with van der Waals surface area (Å²) in [5.74, 6) is 0. The number of para-hydroxylation sites is 4. The molecule has 0 aromatic heterocycles. The fraction of sp³-hybridized carbons (Fsp3) is 0.0769. The van der Waals surface area contributed by atoms with E-state index in [9.17, 15) is 0 Å². The maximum atomic E-state index is 2.43. The lowest BCUT2D eigenvalue weighted by molar-refractivity contribution is 0.979. The molecule has 0 saturated carbocycles. The first kappa shape index (κ1) is 16.6. The Morgan fingerprint density at radius 1 is 0.500 bits per heavy atom. The molecule has 0 amide bonds. The molecule has 0 spiro atoms. The predicted molar refractivity (Wildman–Crippen MR) is 118 cm³/mol. The number of benzene rings is 4. The number of anilines is 4. The van der Waals surface area contributed by atoms with E-state index in [0.29, 0.717) is 0 Å². The van der Waals surface area contributed by atoms with Crippen molar-refractivity contribution in [1.29, 1.82) is 0 Å². The second-order valence-corrected chi connectivity index (χ2v) is 7.11. The van der Waals surface area contributed by atoms with Crippen LogP contribution in [0, 0.1) is 0 Å². The van der Waals surface area contributed by atoms with Gasteiger partial charge < -0.3 is 9.80 Å². The van der Waals surface area contributed by atoms with Gasteiger partial charge in [0.2, 0.25) is 0 Å². The third-order valence-corrected chi connectivity index (χ3v) is 5.33. The standard InChI is InChI=1S/C26H22N2/c1-3-11-21(12-4-1)19-22-13-7-8-16-24(22)28-20-27(23-14-5-2-6-15-23)25-17-9-10-18-26(25)28/h1-18H,19-20H2. The van der Waals surface area contributed by atoms with Gasteiger partial charge in [-0.3, -0.25) is 0 Å². The van der Waals surface area contributed by atoms with Crippen molar-refractivity contribution in [3.05, 3.63) is 120 Å². The van der Waals surface area contributed by atoms with Crippen molar-refractivity contribution in [3.8, 4) is 0 Å². The highest BCUT2D eigenvalue weighted by Gasteiger charge is 2.28. The Morgan fingerprint density at radius 2 is 1.04 bits per heavy atom. The first-order chi connectivity index (χ1) is 13.9. The van der Waals surface area contributed by atoms with Crippen LogP contribution in [-0.2, 0) is 6.42 Å². The first-order valence-electron chi connectivity index (χ1n) is 9.71. The molecule has 0 bridgehead atoms. The predicted octanol–water partition coefficient (Wildman–Crippen LogP) is 6.52. The zero-order valence-corrected chi connectivity index (χ0v) is 15.7. The Hall–Kier alpha value is -3.52. The molecule has 4 aromatic rings. The summed E-state index contributed by atoms with van der Waals surface area (Å²) in [7, 11) is 0. The van der Waals surface area contributed by atoms with Gasteiger partial charge in [-0.2, -0.15) is 0 Å². The van der Waals surface area contributed by atoms with Crippen molar-refractivity contribution in [2.45, 2.75) is 6.42 Å². The minimum atomic E-state index is 0.815. The molecule has 136 valence electrons. The van der Waals surface area contributed by atoms with Crippen LogP contribution in [0.1, 0.15) is 11.1 Å². The fourth-order valence-electron chi connectivity index (χ4n) is 3.99. The van der Waals surface area contributed by atoms with E-state index >= 15 is 0 Å². The van der Waals surface area contributed by atoms with Gasteiger partial charge in [0.1, 0.15) is 6.67 Å². The summed E-state index contributed by atoms with van der Waals surface area (Å²) in [5.41, 5.74) is 7.69. The molecular weight excluding hydrogens is 340 g/mol. The minimum Gasteiger partial charge on any atom is -0.321 e. The Balaban J connectivity index is 1.56. The molecule has 28 heavy (non-hydrogen) atoms. The van der Waals surface area contributed by atoms with Crippen LogP contribution in [0.25, 0.3) is 0 Å². The molecule has 4 aromatic carbocycles. The summed E-state index contributed by atoms with van der Waals surface area (Å²) < 4.78 is 0. The smallest absolute Gasteiger partial charge is 0.100 e.